The number of nitrogens with one attached hydrogen (secondary N) is 1. The highest BCUT2D eigenvalue weighted by molar-refractivity contribution is 7.92. The summed E-state index contributed by atoms with van der Waals surface area (Å²) >= 11 is 6.11. The molecule has 0 aliphatic rings. The molecule has 4 aromatic carbocycles. The van der Waals surface area contributed by atoms with Crippen molar-refractivity contribution in [2.75, 3.05) is 10.8 Å². The monoisotopic (exact) mass is 635 g/mol. The molecule has 7 nitrogen and oxygen atoms in total. The van der Waals surface area contributed by atoms with E-state index >= 15 is 4.39 Å². The summed E-state index contributed by atoms with van der Waals surface area (Å²) in [5, 5.41) is 3.49. The molecule has 2 amide bonds. The van der Waals surface area contributed by atoms with Crippen LogP contribution in [0.1, 0.15) is 31.4 Å². The van der Waals surface area contributed by atoms with E-state index in [1.165, 1.54) is 35.2 Å². The van der Waals surface area contributed by atoms with Gasteiger partial charge in [0.15, 0.2) is 0 Å². The third-order valence-corrected chi connectivity index (χ3v) is 9.30. The number of nitrogens with zero attached hydrogens (tertiary/aromatic N) is 2. The molecule has 0 heterocycles. The molecule has 0 fully saturated rings. The predicted molar refractivity (Wildman–Crippen MR) is 171 cm³/mol. The standard InChI is InChI=1S/C34H35ClFN3O4S/c1-3-25(2)37-34(41)32(22-26-12-6-4-7-13-26)38(23-27-18-20-28(35)21-19-27)33(40)24-39(31-17-11-10-16-30(31)36)44(42,43)29-14-8-5-9-15-29/h4-21,25,32H,3,22-24H2,1-2H3,(H,37,41)/t25-,32-/m1/s1. The van der Waals surface area contributed by atoms with Crippen molar-refractivity contribution in [2.24, 2.45) is 0 Å². The molecule has 0 aliphatic carbocycles. The van der Waals surface area contributed by atoms with E-state index in [1.807, 2.05) is 44.2 Å². The second kappa shape index (κ2) is 15.0. The number of rotatable bonds is 13. The average Bonchev–Trinajstić information content (AvgIpc) is 3.03. The first kappa shape index (κ1) is 32.7. The number of amides is 2. The number of para-hydroxylation sites is 1. The van der Waals surface area contributed by atoms with Gasteiger partial charge in [-0.2, -0.15) is 0 Å². The maximum Gasteiger partial charge on any atom is 0.264 e. The van der Waals surface area contributed by atoms with Crippen molar-refractivity contribution >= 4 is 39.1 Å². The fourth-order valence-corrected chi connectivity index (χ4v) is 6.24. The molecule has 0 saturated carbocycles. The lowest BCUT2D eigenvalue weighted by Gasteiger charge is -2.34. The van der Waals surface area contributed by atoms with Crippen LogP contribution in [0.4, 0.5) is 10.1 Å². The van der Waals surface area contributed by atoms with Gasteiger partial charge in [0, 0.05) is 24.0 Å². The van der Waals surface area contributed by atoms with E-state index in [0.29, 0.717) is 17.0 Å². The molecular formula is C34H35ClFN3O4S. The quantitative estimate of drug-likeness (QED) is 0.189. The summed E-state index contributed by atoms with van der Waals surface area (Å²) in [5.41, 5.74) is 1.22. The third-order valence-electron chi connectivity index (χ3n) is 7.27. The normalized spacial score (nSPS) is 12.6. The zero-order valence-corrected chi connectivity index (χ0v) is 26.1. The number of carbonyl (C=O) groups is 2. The highest BCUT2D eigenvalue weighted by Gasteiger charge is 2.35. The van der Waals surface area contributed by atoms with E-state index in [9.17, 15) is 18.0 Å². The largest absolute Gasteiger partial charge is 0.352 e. The fourth-order valence-electron chi connectivity index (χ4n) is 4.67. The Bertz CT molecular complexity index is 1660. The maximum absolute atomic E-state index is 15.2. The van der Waals surface area contributed by atoms with Crippen LogP contribution in [0.15, 0.2) is 114 Å². The summed E-state index contributed by atoms with van der Waals surface area (Å²) in [4.78, 5) is 29.4. The lowest BCUT2D eigenvalue weighted by Crippen LogP contribution is -2.54. The Morgan fingerprint density at radius 3 is 2.05 bits per heavy atom. The molecule has 4 aromatic rings. The Balaban J connectivity index is 1.81. The van der Waals surface area contributed by atoms with Crippen LogP contribution in [0.3, 0.4) is 0 Å². The first-order valence-corrected chi connectivity index (χ1v) is 16.1. The minimum absolute atomic E-state index is 0.0159. The highest BCUT2D eigenvalue weighted by atomic mass is 35.5. The van der Waals surface area contributed by atoms with E-state index in [1.54, 1.807) is 42.5 Å². The van der Waals surface area contributed by atoms with Crippen molar-refractivity contribution < 1.29 is 22.4 Å². The summed E-state index contributed by atoms with van der Waals surface area (Å²) in [6.07, 6.45) is 0.846. The second-order valence-corrected chi connectivity index (χ2v) is 12.7. The van der Waals surface area contributed by atoms with Gasteiger partial charge in [0.05, 0.1) is 10.6 Å². The van der Waals surface area contributed by atoms with Crippen molar-refractivity contribution in [1.82, 2.24) is 10.2 Å². The van der Waals surface area contributed by atoms with Gasteiger partial charge in [-0.05, 0) is 60.9 Å². The number of hydrogen-bond acceptors (Lipinski definition) is 4. The molecular weight excluding hydrogens is 601 g/mol. The molecule has 0 spiro atoms. The SMILES string of the molecule is CC[C@@H](C)NC(=O)[C@@H](Cc1ccccc1)N(Cc1ccc(Cl)cc1)C(=O)CN(c1ccccc1F)S(=O)(=O)c1ccccc1. The first-order chi connectivity index (χ1) is 21.1. The molecule has 0 aliphatic heterocycles. The van der Waals surface area contributed by atoms with Crippen LogP contribution < -0.4 is 9.62 Å². The van der Waals surface area contributed by atoms with Gasteiger partial charge < -0.3 is 10.2 Å². The molecule has 1 N–H and O–H groups in total. The van der Waals surface area contributed by atoms with Crippen molar-refractivity contribution in [2.45, 2.75) is 50.2 Å². The van der Waals surface area contributed by atoms with Gasteiger partial charge in [0.25, 0.3) is 10.0 Å². The number of carbonyl (C=O) groups excluding carboxylic acids is 2. The Morgan fingerprint density at radius 2 is 1.43 bits per heavy atom. The van der Waals surface area contributed by atoms with Gasteiger partial charge in [0.1, 0.15) is 18.4 Å². The molecule has 0 saturated heterocycles. The van der Waals surface area contributed by atoms with Crippen molar-refractivity contribution in [3.8, 4) is 0 Å². The van der Waals surface area contributed by atoms with Gasteiger partial charge in [-0.15, -0.1) is 0 Å². The molecule has 4 rings (SSSR count). The van der Waals surface area contributed by atoms with E-state index in [2.05, 4.69) is 5.32 Å². The smallest absolute Gasteiger partial charge is 0.264 e. The topological polar surface area (TPSA) is 86.8 Å². The molecule has 230 valence electrons. The van der Waals surface area contributed by atoms with Crippen molar-refractivity contribution in [1.29, 1.82) is 0 Å². The Kier molecular flexibility index (Phi) is 11.1. The molecule has 0 unspecified atom stereocenters. The van der Waals surface area contributed by atoms with Crippen LogP contribution in [-0.2, 0) is 32.6 Å². The minimum Gasteiger partial charge on any atom is -0.352 e. The Hall–Kier alpha value is -4.21. The van der Waals surface area contributed by atoms with Crippen LogP contribution in [-0.4, -0.2) is 43.8 Å². The van der Waals surface area contributed by atoms with Gasteiger partial charge in [-0.25, -0.2) is 12.8 Å². The summed E-state index contributed by atoms with van der Waals surface area (Å²) in [6.45, 7) is 3.05. The number of benzene rings is 4. The molecule has 2 atom stereocenters. The van der Waals surface area contributed by atoms with Gasteiger partial charge in [-0.3, -0.25) is 13.9 Å². The van der Waals surface area contributed by atoms with E-state index < -0.39 is 34.3 Å². The van der Waals surface area contributed by atoms with E-state index in [-0.39, 0.29) is 35.5 Å². The van der Waals surface area contributed by atoms with Crippen LogP contribution in [0.2, 0.25) is 5.02 Å². The summed E-state index contributed by atoms with van der Waals surface area (Å²) < 4.78 is 43.8. The number of halogens is 2. The lowest BCUT2D eigenvalue weighted by atomic mass is 10.0. The van der Waals surface area contributed by atoms with Crippen molar-refractivity contribution in [3.63, 3.8) is 0 Å². The van der Waals surface area contributed by atoms with E-state index in [0.717, 1.165) is 15.9 Å². The van der Waals surface area contributed by atoms with Crippen LogP contribution in [0.5, 0.6) is 0 Å². The fraction of sp³-hybridized carbons (Fsp3) is 0.235. The molecule has 10 heteroatoms. The summed E-state index contributed by atoms with van der Waals surface area (Å²) in [5.74, 6) is -1.86. The highest BCUT2D eigenvalue weighted by Crippen LogP contribution is 2.27. The van der Waals surface area contributed by atoms with Crippen LogP contribution in [0.25, 0.3) is 0 Å². The maximum atomic E-state index is 15.2. The first-order valence-electron chi connectivity index (χ1n) is 14.3. The van der Waals surface area contributed by atoms with Gasteiger partial charge >= 0.3 is 0 Å². The van der Waals surface area contributed by atoms with E-state index in [4.69, 9.17) is 11.6 Å². The second-order valence-electron chi connectivity index (χ2n) is 10.4. The number of anilines is 1. The summed E-state index contributed by atoms with van der Waals surface area (Å²) in [6, 6.07) is 27.9. The molecule has 0 radical (unpaired) electrons. The number of sulfonamides is 1. The molecule has 44 heavy (non-hydrogen) atoms. The average molecular weight is 636 g/mol. The Morgan fingerprint density at radius 1 is 0.841 bits per heavy atom. The molecule has 0 aromatic heterocycles. The number of hydrogen-bond donors (Lipinski definition) is 1. The zero-order chi connectivity index (χ0) is 31.7. The van der Waals surface area contributed by atoms with Crippen molar-refractivity contribution in [3.05, 3.63) is 131 Å². The lowest BCUT2D eigenvalue weighted by molar-refractivity contribution is -0.140. The van der Waals surface area contributed by atoms with Gasteiger partial charge in [0.2, 0.25) is 11.8 Å². The molecule has 0 bridgehead atoms. The predicted octanol–water partition coefficient (Wildman–Crippen LogP) is 6.23. The van der Waals surface area contributed by atoms with Crippen LogP contribution in [0, 0.1) is 5.82 Å². The van der Waals surface area contributed by atoms with Crippen LogP contribution >= 0.6 is 11.6 Å². The third kappa shape index (κ3) is 8.24. The van der Waals surface area contributed by atoms with Gasteiger partial charge in [-0.1, -0.05) is 91.3 Å². The summed E-state index contributed by atoms with van der Waals surface area (Å²) in [7, 11) is -4.38. The minimum atomic E-state index is -4.38. The Labute approximate surface area is 263 Å². The zero-order valence-electron chi connectivity index (χ0n) is 24.6.